The molecule has 4 rings (SSSR count). The summed E-state index contributed by atoms with van der Waals surface area (Å²) in [6, 6.07) is 15.1. The number of aldehydes is 1. The molecular weight excluding hydrogens is 674 g/mol. The van der Waals surface area contributed by atoms with Crippen molar-refractivity contribution in [1.29, 1.82) is 0 Å². The van der Waals surface area contributed by atoms with Gasteiger partial charge in [-0.15, -0.1) is 0 Å². The summed E-state index contributed by atoms with van der Waals surface area (Å²) >= 11 is 0. The summed E-state index contributed by atoms with van der Waals surface area (Å²) in [6.45, 7) is 0.947. The molecule has 5 amide bonds. The van der Waals surface area contributed by atoms with Crippen LogP contribution in [-0.4, -0.2) is 85.7 Å². The van der Waals surface area contributed by atoms with Crippen molar-refractivity contribution in [1.82, 2.24) is 31.9 Å². The van der Waals surface area contributed by atoms with Gasteiger partial charge in [-0.05, 0) is 75.6 Å². The average molecular weight is 732 g/mol. The van der Waals surface area contributed by atoms with Gasteiger partial charge in [0.25, 0.3) is 0 Å². The third-order valence-corrected chi connectivity index (χ3v) is 10.4. The number of hydrogen-bond donors (Lipinski definition) is 7. The van der Waals surface area contributed by atoms with E-state index in [0.29, 0.717) is 38.5 Å². The molecule has 1 aliphatic heterocycles. The highest BCUT2D eigenvalue weighted by Gasteiger charge is 2.45. The van der Waals surface area contributed by atoms with Gasteiger partial charge in [0.1, 0.15) is 6.04 Å². The Labute approximate surface area is 312 Å². The third-order valence-electron chi connectivity index (χ3n) is 10.4. The molecule has 1 saturated carbocycles. The lowest BCUT2D eigenvalue weighted by Gasteiger charge is -2.36. The van der Waals surface area contributed by atoms with Crippen LogP contribution in [0.3, 0.4) is 0 Å². The molecule has 0 spiro atoms. The fraction of sp³-hybridized carbons (Fsp3) is 0.550. The van der Waals surface area contributed by atoms with Crippen LogP contribution in [0.15, 0.2) is 60.7 Å². The number of carbonyl (C=O) groups is 6. The van der Waals surface area contributed by atoms with Gasteiger partial charge in [0.15, 0.2) is 17.6 Å². The molecule has 0 bridgehead atoms. The number of carbonyl (C=O) groups excluding carboxylic acids is 6. The molecule has 2 fully saturated rings. The average Bonchev–Trinajstić information content (AvgIpc) is 3.73. The van der Waals surface area contributed by atoms with Gasteiger partial charge in [0.05, 0.1) is 18.1 Å². The summed E-state index contributed by atoms with van der Waals surface area (Å²) in [6.07, 6.45) is 8.60. The van der Waals surface area contributed by atoms with Crippen LogP contribution >= 0.6 is 0 Å². The fourth-order valence-electron chi connectivity index (χ4n) is 7.31. The van der Waals surface area contributed by atoms with Crippen LogP contribution in [0.5, 0.6) is 0 Å². The summed E-state index contributed by atoms with van der Waals surface area (Å²) in [5, 5.41) is 16.8. The monoisotopic (exact) mass is 731 g/mol. The second-order valence-corrected chi connectivity index (χ2v) is 14.4. The van der Waals surface area contributed by atoms with Crippen LogP contribution in [0.4, 0.5) is 4.79 Å². The van der Waals surface area contributed by atoms with E-state index in [1.807, 2.05) is 60.7 Å². The van der Waals surface area contributed by atoms with E-state index in [1.54, 1.807) is 7.05 Å². The Morgan fingerprint density at radius 1 is 0.849 bits per heavy atom. The molecule has 8 N–H and O–H groups in total. The Kier molecular flexibility index (Phi) is 16.6. The number of imide groups is 1. The second kappa shape index (κ2) is 21.3. The predicted molar refractivity (Wildman–Crippen MR) is 203 cm³/mol. The first-order chi connectivity index (χ1) is 25.6. The van der Waals surface area contributed by atoms with Crippen molar-refractivity contribution in [2.45, 2.75) is 113 Å². The van der Waals surface area contributed by atoms with Crippen molar-refractivity contribution in [2.75, 3.05) is 20.1 Å². The van der Waals surface area contributed by atoms with Crippen molar-refractivity contribution >= 4 is 35.8 Å². The topological polar surface area (TPSA) is 201 Å². The number of urea groups is 1. The van der Waals surface area contributed by atoms with Crippen LogP contribution < -0.4 is 37.6 Å². The lowest BCUT2D eigenvalue weighted by molar-refractivity contribution is -0.139. The molecule has 0 unspecified atom stereocenters. The molecule has 2 aromatic carbocycles. The molecule has 1 saturated heterocycles. The molecule has 1 aliphatic carbocycles. The maximum absolute atomic E-state index is 14.1. The van der Waals surface area contributed by atoms with Gasteiger partial charge >= 0.3 is 6.03 Å². The number of hydrogen-bond acceptors (Lipinski definition) is 9. The SMILES string of the molecule is CN[C@@H](Cc1ccccc1)C(=O)NC(=O)NCCCC[C@H](N)C(=O)[C@@](C=O)(CC1CCCCC1)NC(=O)[C@H](Cc1ccccc1)NC(=O)[C@@H]1CCCN1. The molecule has 53 heavy (non-hydrogen) atoms. The Bertz CT molecular complexity index is 1500. The van der Waals surface area contributed by atoms with Crippen molar-refractivity contribution in [2.24, 2.45) is 11.7 Å². The molecule has 5 atom stereocenters. The van der Waals surface area contributed by atoms with Crippen molar-refractivity contribution < 1.29 is 28.8 Å². The Morgan fingerprint density at radius 2 is 1.49 bits per heavy atom. The van der Waals surface area contributed by atoms with E-state index in [0.717, 1.165) is 49.7 Å². The summed E-state index contributed by atoms with van der Waals surface area (Å²) in [5.41, 5.74) is 6.38. The Morgan fingerprint density at radius 3 is 2.08 bits per heavy atom. The Balaban J connectivity index is 1.35. The lowest BCUT2D eigenvalue weighted by atomic mass is 9.76. The molecule has 1 heterocycles. The predicted octanol–water partition coefficient (Wildman–Crippen LogP) is 2.21. The van der Waals surface area contributed by atoms with E-state index < -0.39 is 53.3 Å². The van der Waals surface area contributed by atoms with Gasteiger partial charge in [-0.25, -0.2) is 4.79 Å². The number of nitrogens with two attached hydrogens (primary N) is 1. The van der Waals surface area contributed by atoms with E-state index in [4.69, 9.17) is 5.73 Å². The number of rotatable bonds is 20. The van der Waals surface area contributed by atoms with Gasteiger partial charge in [0, 0.05) is 13.0 Å². The molecule has 13 nitrogen and oxygen atoms in total. The zero-order valence-electron chi connectivity index (χ0n) is 30.9. The molecule has 2 aliphatic rings. The van der Waals surface area contributed by atoms with Crippen LogP contribution in [0, 0.1) is 5.92 Å². The highest BCUT2D eigenvalue weighted by molar-refractivity contribution is 6.09. The van der Waals surface area contributed by atoms with Crippen molar-refractivity contribution in [3.8, 4) is 0 Å². The zero-order chi connectivity index (χ0) is 38.1. The standard InChI is InChI=1S/C40H57N7O6/c1-42-33(24-28-14-5-2-6-15-28)37(51)46-39(53)44-22-12-11-20-31(41)35(49)40(27-48,26-30-18-9-4-10-19-30)47-38(52)34(25-29-16-7-3-8-17-29)45-36(50)32-21-13-23-43-32/h2-3,5-8,14-17,27,30-34,42-43H,4,9-13,18-26,41H2,1H3,(H,45,50)(H,47,52)(H2,44,46,51,53)/t31-,32-,33-,34-,40-/m0/s1. The molecule has 0 aromatic heterocycles. The molecule has 2 aromatic rings. The van der Waals surface area contributed by atoms with Crippen LogP contribution in [0.1, 0.15) is 81.8 Å². The first-order valence-electron chi connectivity index (χ1n) is 19.1. The summed E-state index contributed by atoms with van der Waals surface area (Å²) < 4.78 is 0. The van der Waals surface area contributed by atoms with Crippen molar-refractivity contribution in [3.63, 3.8) is 0 Å². The highest BCUT2D eigenvalue weighted by Crippen LogP contribution is 2.31. The molecule has 0 radical (unpaired) electrons. The summed E-state index contributed by atoms with van der Waals surface area (Å²) in [5.74, 6) is -1.88. The van der Waals surface area contributed by atoms with E-state index in [9.17, 15) is 28.8 Å². The smallest absolute Gasteiger partial charge is 0.321 e. The number of unbranched alkanes of at least 4 members (excludes halogenated alkanes) is 1. The number of likely N-dealkylation sites (N-methyl/N-ethyl adjacent to an activating group) is 1. The van der Waals surface area contributed by atoms with Gasteiger partial charge in [-0.2, -0.15) is 0 Å². The van der Waals surface area contributed by atoms with Crippen molar-refractivity contribution in [3.05, 3.63) is 71.8 Å². The first-order valence-corrected chi connectivity index (χ1v) is 19.1. The van der Waals surface area contributed by atoms with Gasteiger partial charge in [-0.1, -0.05) is 92.8 Å². The maximum Gasteiger partial charge on any atom is 0.321 e. The Hall–Kier alpha value is -4.46. The third kappa shape index (κ3) is 12.9. The fourth-order valence-corrected chi connectivity index (χ4v) is 7.31. The molecule has 288 valence electrons. The minimum absolute atomic E-state index is 0.0517. The molecule has 13 heteroatoms. The second-order valence-electron chi connectivity index (χ2n) is 14.4. The number of amides is 5. The van der Waals surface area contributed by atoms with Gasteiger partial charge < -0.3 is 37.1 Å². The quantitative estimate of drug-likeness (QED) is 0.0606. The normalized spacial score (nSPS) is 18.8. The largest absolute Gasteiger partial charge is 0.343 e. The number of Topliss-reactive ketones (excluding diaryl/α,β-unsaturated/α-hetero) is 1. The lowest BCUT2D eigenvalue weighted by Crippen LogP contribution is -2.65. The minimum atomic E-state index is -1.86. The number of ketones is 1. The van der Waals surface area contributed by atoms with Crippen LogP contribution in [-0.2, 0) is 36.8 Å². The zero-order valence-corrected chi connectivity index (χ0v) is 30.9. The first kappa shape index (κ1) is 41.3. The number of nitrogens with one attached hydrogen (secondary N) is 6. The maximum atomic E-state index is 14.1. The van der Waals surface area contributed by atoms with E-state index >= 15 is 0 Å². The van der Waals surface area contributed by atoms with Crippen LogP contribution in [0.2, 0.25) is 0 Å². The van der Waals surface area contributed by atoms with Crippen LogP contribution in [0.25, 0.3) is 0 Å². The van der Waals surface area contributed by atoms with Gasteiger partial charge in [-0.3, -0.25) is 24.5 Å². The van der Waals surface area contributed by atoms with E-state index in [-0.39, 0.29) is 37.6 Å². The number of benzene rings is 2. The molecular formula is C40H57N7O6. The van der Waals surface area contributed by atoms with E-state index in [1.165, 1.54) is 0 Å². The van der Waals surface area contributed by atoms with E-state index in [2.05, 4.69) is 31.9 Å². The summed E-state index contributed by atoms with van der Waals surface area (Å²) in [4.78, 5) is 79.5. The minimum Gasteiger partial charge on any atom is -0.343 e. The summed E-state index contributed by atoms with van der Waals surface area (Å²) in [7, 11) is 1.66. The van der Waals surface area contributed by atoms with Gasteiger partial charge in [0.2, 0.25) is 17.7 Å². The highest BCUT2D eigenvalue weighted by atomic mass is 16.2.